The zero-order chi connectivity index (χ0) is 21.3. The van der Waals surface area contributed by atoms with Crippen LogP contribution in [0.25, 0.3) is 0 Å². The van der Waals surface area contributed by atoms with Gasteiger partial charge in [0, 0.05) is 0 Å². The van der Waals surface area contributed by atoms with Crippen LogP contribution in [0.15, 0.2) is 24.3 Å². The number of rotatable bonds is 9. The lowest BCUT2D eigenvalue weighted by Crippen LogP contribution is -2.25. The van der Waals surface area contributed by atoms with Crippen molar-refractivity contribution in [1.29, 1.82) is 0 Å². The van der Waals surface area contributed by atoms with E-state index < -0.39 is 11.6 Å². The van der Waals surface area contributed by atoms with Gasteiger partial charge in [0.2, 0.25) is 5.82 Å². The molecule has 168 valence electrons. The molecule has 0 aliphatic heterocycles. The van der Waals surface area contributed by atoms with Crippen LogP contribution in [0.2, 0.25) is 0 Å². The number of ether oxygens (including phenoxy) is 1. The van der Waals surface area contributed by atoms with Gasteiger partial charge in [-0.2, -0.15) is 4.39 Å². The Kier molecular flexibility index (Phi) is 9.21. The van der Waals surface area contributed by atoms with E-state index in [-0.39, 0.29) is 11.7 Å². The maximum absolute atomic E-state index is 14.7. The van der Waals surface area contributed by atoms with Crippen LogP contribution in [0.3, 0.4) is 0 Å². The van der Waals surface area contributed by atoms with E-state index in [1.54, 1.807) is 12.1 Å². The van der Waals surface area contributed by atoms with Crippen molar-refractivity contribution in [1.82, 2.24) is 0 Å². The van der Waals surface area contributed by atoms with Crippen molar-refractivity contribution >= 4 is 0 Å². The van der Waals surface area contributed by atoms with Gasteiger partial charge in [0.05, 0.1) is 6.61 Å². The maximum Gasteiger partial charge on any atom is 0.200 e. The van der Waals surface area contributed by atoms with Gasteiger partial charge in [-0.1, -0.05) is 38.5 Å². The van der Waals surface area contributed by atoms with Crippen LogP contribution in [0.4, 0.5) is 8.78 Å². The molecular weight excluding hydrogens is 378 g/mol. The zero-order valence-electron chi connectivity index (χ0n) is 19.0. The molecule has 0 heterocycles. The van der Waals surface area contributed by atoms with Crippen LogP contribution in [0.1, 0.15) is 102 Å². The van der Waals surface area contributed by atoms with E-state index in [1.165, 1.54) is 32.1 Å². The molecule has 0 spiro atoms. The van der Waals surface area contributed by atoms with Gasteiger partial charge < -0.3 is 4.74 Å². The molecule has 0 N–H and O–H groups in total. The minimum Gasteiger partial charge on any atom is -0.490 e. The maximum atomic E-state index is 14.7. The molecule has 1 aromatic carbocycles. The second-order valence-electron chi connectivity index (χ2n) is 9.49. The third-order valence-electron chi connectivity index (χ3n) is 7.47. The molecule has 3 heteroatoms. The summed E-state index contributed by atoms with van der Waals surface area (Å²) in [6.45, 7) is 4.69. The Morgan fingerprint density at radius 1 is 0.867 bits per heavy atom. The van der Waals surface area contributed by atoms with E-state index in [9.17, 15) is 8.78 Å². The molecule has 1 nitrogen and oxygen atoms in total. The lowest BCUT2D eigenvalue weighted by molar-refractivity contribution is 0.160. The third kappa shape index (κ3) is 6.08. The van der Waals surface area contributed by atoms with Gasteiger partial charge in [-0.3, -0.25) is 0 Å². The van der Waals surface area contributed by atoms with E-state index in [0.717, 1.165) is 62.7 Å². The third-order valence-corrected chi connectivity index (χ3v) is 7.47. The topological polar surface area (TPSA) is 9.23 Å². The van der Waals surface area contributed by atoms with Crippen molar-refractivity contribution in [3.63, 3.8) is 0 Å². The van der Waals surface area contributed by atoms with Crippen LogP contribution in [0.5, 0.6) is 5.75 Å². The molecule has 0 aromatic heterocycles. The fourth-order valence-corrected chi connectivity index (χ4v) is 5.55. The van der Waals surface area contributed by atoms with Gasteiger partial charge in [0.15, 0.2) is 11.6 Å². The Balaban J connectivity index is 1.49. The number of allylic oxidation sites excluding steroid dienone is 2. The predicted octanol–water partition coefficient (Wildman–Crippen LogP) is 8.58. The molecule has 1 aromatic rings. The van der Waals surface area contributed by atoms with Gasteiger partial charge >= 0.3 is 0 Å². The molecule has 2 fully saturated rings. The molecule has 30 heavy (non-hydrogen) atoms. The number of hydrogen-bond donors (Lipinski definition) is 0. The molecule has 3 rings (SSSR count). The summed E-state index contributed by atoms with van der Waals surface area (Å²) in [5.74, 6) is 1.20. The first kappa shape index (κ1) is 23.3. The molecule has 0 saturated heterocycles. The molecule has 0 unspecified atom stereocenters. The molecule has 2 saturated carbocycles. The number of unbranched alkanes of at least 4 members (excludes halogenated alkanes) is 1. The van der Waals surface area contributed by atoms with Gasteiger partial charge in [-0.15, -0.1) is 0 Å². The number of benzene rings is 1. The number of hydrogen-bond acceptors (Lipinski definition) is 1. The molecule has 2 aliphatic carbocycles. The van der Waals surface area contributed by atoms with Crippen molar-refractivity contribution in [2.75, 3.05) is 6.61 Å². The van der Waals surface area contributed by atoms with Gasteiger partial charge in [-0.25, -0.2) is 4.39 Å². The summed E-state index contributed by atoms with van der Waals surface area (Å²) in [5, 5.41) is 0. The summed E-state index contributed by atoms with van der Waals surface area (Å²) in [7, 11) is 0. The predicted molar refractivity (Wildman–Crippen MR) is 121 cm³/mol. The molecule has 0 atom stereocenters. The van der Waals surface area contributed by atoms with Gasteiger partial charge in [0.1, 0.15) is 0 Å². The molecule has 0 amide bonds. The van der Waals surface area contributed by atoms with Crippen LogP contribution < -0.4 is 4.74 Å². The van der Waals surface area contributed by atoms with E-state index in [0.29, 0.717) is 12.2 Å². The van der Waals surface area contributed by atoms with Crippen molar-refractivity contribution in [2.45, 2.75) is 96.8 Å². The highest BCUT2D eigenvalue weighted by Gasteiger charge is 2.32. The molecular formula is C27H40F2O. The highest BCUT2D eigenvalue weighted by Crippen LogP contribution is 2.45. The van der Waals surface area contributed by atoms with Crippen molar-refractivity contribution in [3.8, 4) is 5.75 Å². The SMILES string of the molecule is CC/C=C\CC1CCC(C2CCC(c3ccc(OCCCC)c(F)c3F)CC2)CC1. The largest absolute Gasteiger partial charge is 0.490 e. The van der Waals surface area contributed by atoms with Crippen LogP contribution in [-0.4, -0.2) is 6.61 Å². The normalized spacial score (nSPS) is 27.5. The first-order valence-electron chi connectivity index (χ1n) is 12.4. The van der Waals surface area contributed by atoms with Gasteiger partial charge in [0.25, 0.3) is 0 Å². The van der Waals surface area contributed by atoms with Crippen molar-refractivity contribution in [3.05, 3.63) is 41.5 Å². The minimum atomic E-state index is -0.804. The van der Waals surface area contributed by atoms with Gasteiger partial charge in [-0.05, 0) is 106 Å². The second kappa shape index (κ2) is 11.9. The highest BCUT2D eigenvalue weighted by molar-refractivity contribution is 5.33. The van der Waals surface area contributed by atoms with E-state index in [4.69, 9.17) is 4.74 Å². The van der Waals surface area contributed by atoms with E-state index >= 15 is 0 Å². The lowest BCUT2D eigenvalue weighted by atomic mass is 9.68. The first-order chi connectivity index (χ1) is 14.6. The van der Waals surface area contributed by atoms with E-state index in [1.807, 2.05) is 0 Å². The Labute approximate surface area is 182 Å². The average Bonchev–Trinajstić information content (AvgIpc) is 2.78. The summed E-state index contributed by atoms with van der Waals surface area (Å²) < 4.78 is 34.6. The summed E-state index contributed by atoms with van der Waals surface area (Å²) in [6, 6.07) is 3.39. The molecule has 2 aliphatic rings. The standard InChI is InChI=1S/C27H40F2O/c1-3-5-7-8-20-9-11-21(12-10-20)22-13-15-23(16-14-22)24-17-18-25(27(29)26(24)28)30-19-6-4-2/h5,7,17-18,20-23H,3-4,6,8-16,19H2,1-2H3/b7-5-. The fraction of sp³-hybridized carbons (Fsp3) is 0.704. The minimum absolute atomic E-state index is 0.0592. The zero-order valence-corrected chi connectivity index (χ0v) is 19.0. The summed E-state index contributed by atoms with van der Waals surface area (Å²) in [5.41, 5.74) is 0.556. The van der Waals surface area contributed by atoms with Crippen molar-refractivity contribution < 1.29 is 13.5 Å². The smallest absolute Gasteiger partial charge is 0.200 e. The second-order valence-corrected chi connectivity index (χ2v) is 9.49. The quantitative estimate of drug-likeness (QED) is 0.288. The molecule has 0 bridgehead atoms. The van der Waals surface area contributed by atoms with Crippen molar-refractivity contribution in [2.24, 2.45) is 17.8 Å². The molecule has 0 radical (unpaired) electrons. The van der Waals surface area contributed by atoms with E-state index in [2.05, 4.69) is 26.0 Å². The van der Waals surface area contributed by atoms with Crippen LogP contribution in [-0.2, 0) is 0 Å². The Morgan fingerprint density at radius 2 is 1.53 bits per heavy atom. The highest BCUT2D eigenvalue weighted by atomic mass is 19.2. The summed E-state index contributed by atoms with van der Waals surface area (Å²) in [4.78, 5) is 0. The number of halogens is 2. The van der Waals surface area contributed by atoms with Crippen LogP contribution >= 0.6 is 0 Å². The Hall–Kier alpha value is -1.38. The Bertz CT molecular complexity index is 668. The lowest BCUT2D eigenvalue weighted by Gasteiger charge is -2.38. The average molecular weight is 419 g/mol. The van der Waals surface area contributed by atoms with Crippen LogP contribution in [0, 0.1) is 29.4 Å². The Morgan fingerprint density at radius 3 is 2.17 bits per heavy atom. The first-order valence-corrected chi connectivity index (χ1v) is 12.4. The monoisotopic (exact) mass is 418 g/mol. The fourth-order valence-electron chi connectivity index (χ4n) is 5.55. The summed E-state index contributed by atoms with van der Waals surface area (Å²) >= 11 is 0. The summed E-state index contributed by atoms with van der Waals surface area (Å²) in [6.07, 6.45) is 18.6.